The van der Waals surface area contributed by atoms with E-state index in [1.165, 1.54) is 36.0 Å². The van der Waals surface area contributed by atoms with Crippen LogP contribution in [-0.2, 0) is 27.9 Å². The van der Waals surface area contributed by atoms with Crippen molar-refractivity contribution in [2.24, 2.45) is 11.3 Å². The lowest BCUT2D eigenvalue weighted by molar-refractivity contribution is -0.141. The first-order chi connectivity index (χ1) is 17.0. The second-order valence-electron chi connectivity index (χ2n) is 11.4. The zero-order chi connectivity index (χ0) is 24.2. The summed E-state index contributed by atoms with van der Waals surface area (Å²) >= 11 is 4.99. The van der Waals surface area contributed by atoms with Crippen molar-refractivity contribution in [2.45, 2.75) is 87.9 Å². The number of ether oxygens (including phenoxy) is 1. The first kappa shape index (κ1) is 23.6. The van der Waals surface area contributed by atoms with E-state index in [1.54, 1.807) is 0 Å². The van der Waals surface area contributed by atoms with Gasteiger partial charge in [-0.15, -0.1) is 12.6 Å². The Balaban J connectivity index is 1.41. The molecule has 5 heteroatoms. The maximum atomic E-state index is 14.7. The van der Waals surface area contributed by atoms with E-state index in [-0.39, 0.29) is 29.0 Å². The predicted molar refractivity (Wildman–Crippen MR) is 142 cm³/mol. The third-order valence-electron chi connectivity index (χ3n) is 9.53. The van der Waals surface area contributed by atoms with E-state index in [0.717, 1.165) is 50.0 Å². The van der Waals surface area contributed by atoms with Crippen LogP contribution in [0.3, 0.4) is 0 Å². The van der Waals surface area contributed by atoms with Crippen LogP contribution in [0, 0.1) is 11.3 Å². The molecule has 0 bridgehead atoms. The van der Waals surface area contributed by atoms with Crippen LogP contribution in [0.15, 0.2) is 48.5 Å². The Morgan fingerprint density at radius 2 is 1.86 bits per heavy atom. The fraction of sp³-hybridized carbons (Fsp3) is 0.567. The van der Waals surface area contributed by atoms with Gasteiger partial charge in [0.2, 0.25) is 0 Å². The fourth-order valence-electron chi connectivity index (χ4n) is 7.26. The second-order valence-corrected chi connectivity index (χ2v) is 11.9. The molecular formula is C30H38N2O2S. The van der Waals surface area contributed by atoms with Gasteiger partial charge in [0.15, 0.2) is 0 Å². The Bertz CT molecular complexity index is 1090. The lowest BCUT2D eigenvalue weighted by Crippen LogP contribution is -2.57. The Kier molecular flexibility index (Phi) is 6.02. The summed E-state index contributed by atoms with van der Waals surface area (Å²) in [6.45, 7) is 2.13. The molecule has 2 spiro atoms. The van der Waals surface area contributed by atoms with Crippen molar-refractivity contribution in [3.8, 4) is 0 Å². The van der Waals surface area contributed by atoms with Crippen molar-refractivity contribution >= 4 is 18.5 Å². The first-order valence-corrected chi connectivity index (χ1v) is 14.0. The third-order valence-corrected chi connectivity index (χ3v) is 9.91. The highest BCUT2D eigenvalue weighted by Gasteiger charge is 2.67. The smallest absolute Gasteiger partial charge is 0.250 e. The standard InChI is InChI=1S/C30H38N2O2S/c1-20(23-6-4-3-5-7-23)32-27(33)30(31-28(32)35)26-18-22(11-10-21-8-9-21)12-13-24(26)19-29(30)16-14-25(34-2)15-17-29/h3-7,12-13,18,20-21,25,28,31,35H,8-11,14-17,19H2,1-2H3/t20-,25?,28?,29?,30?/m1/s1. The van der Waals surface area contributed by atoms with Gasteiger partial charge in [-0.2, -0.15) is 0 Å². The molecule has 2 unspecified atom stereocenters. The summed E-state index contributed by atoms with van der Waals surface area (Å²) in [5, 5.41) is 3.83. The highest BCUT2D eigenvalue weighted by Crippen LogP contribution is 2.61. The minimum absolute atomic E-state index is 0.0486. The number of hydrogen-bond acceptors (Lipinski definition) is 4. The molecule has 1 amide bonds. The molecule has 0 aromatic heterocycles. The molecule has 1 N–H and O–H groups in total. The van der Waals surface area contributed by atoms with Gasteiger partial charge in [0.1, 0.15) is 11.0 Å². The minimum Gasteiger partial charge on any atom is -0.381 e. The van der Waals surface area contributed by atoms with Crippen molar-refractivity contribution in [1.82, 2.24) is 10.2 Å². The minimum atomic E-state index is -0.716. The summed E-state index contributed by atoms with van der Waals surface area (Å²) in [6.07, 6.45) is 10.4. The van der Waals surface area contributed by atoms with E-state index in [1.807, 2.05) is 30.2 Å². The predicted octanol–water partition coefficient (Wildman–Crippen LogP) is 5.76. The number of rotatable bonds is 6. The van der Waals surface area contributed by atoms with Crippen molar-refractivity contribution in [2.75, 3.05) is 7.11 Å². The third kappa shape index (κ3) is 3.77. The number of carbonyl (C=O) groups is 1. The van der Waals surface area contributed by atoms with E-state index in [9.17, 15) is 4.79 Å². The highest BCUT2D eigenvalue weighted by molar-refractivity contribution is 7.80. The number of thiol groups is 1. The maximum absolute atomic E-state index is 14.7. The van der Waals surface area contributed by atoms with Crippen LogP contribution >= 0.6 is 12.6 Å². The van der Waals surface area contributed by atoms with Crippen molar-refractivity contribution in [3.05, 3.63) is 70.8 Å². The molecule has 2 aromatic carbocycles. The Morgan fingerprint density at radius 1 is 1.11 bits per heavy atom. The summed E-state index contributed by atoms with van der Waals surface area (Å²) < 4.78 is 5.74. The molecule has 0 radical (unpaired) electrons. The summed E-state index contributed by atoms with van der Waals surface area (Å²) in [7, 11) is 1.82. The van der Waals surface area contributed by atoms with Gasteiger partial charge < -0.3 is 9.64 Å². The van der Waals surface area contributed by atoms with Crippen molar-refractivity contribution < 1.29 is 9.53 Å². The molecule has 186 valence electrons. The first-order valence-electron chi connectivity index (χ1n) is 13.5. The number of aryl methyl sites for hydroxylation is 1. The lowest BCUT2D eigenvalue weighted by atomic mass is 9.61. The van der Waals surface area contributed by atoms with Crippen molar-refractivity contribution in [1.29, 1.82) is 0 Å². The average Bonchev–Trinajstić information content (AvgIpc) is 3.63. The number of carbonyl (C=O) groups excluding carboxylic acids is 1. The van der Waals surface area contributed by atoms with Crippen LogP contribution in [0.4, 0.5) is 0 Å². The lowest BCUT2D eigenvalue weighted by Gasteiger charge is -2.47. The zero-order valence-electron chi connectivity index (χ0n) is 21.0. The van der Waals surface area contributed by atoms with Gasteiger partial charge in [-0.1, -0.05) is 61.4 Å². The normalized spacial score (nSPS) is 33.0. The molecule has 35 heavy (non-hydrogen) atoms. The van der Waals surface area contributed by atoms with Gasteiger partial charge in [-0.05, 0) is 80.0 Å². The molecule has 1 aliphatic heterocycles. The molecule has 3 fully saturated rings. The van der Waals surface area contributed by atoms with Crippen LogP contribution in [0.25, 0.3) is 0 Å². The average molecular weight is 491 g/mol. The van der Waals surface area contributed by atoms with Gasteiger partial charge in [0, 0.05) is 12.5 Å². The monoisotopic (exact) mass is 490 g/mol. The quantitative estimate of drug-likeness (QED) is 0.506. The van der Waals surface area contributed by atoms with Crippen LogP contribution in [0.1, 0.15) is 80.2 Å². The number of hydrogen-bond donors (Lipinski definition) is 2. The number of benzene rings is 2. The van der Waals surface area contributed by atoms with E-state index in [4.69, 9.17) is 17.4 Å². The summed E-state index contributed by atoms with van der Waals surface area (Å²) in [5.41, 5.74) is 3.90. The van der Waals surface area contributed by atoms with E-state index in [0.29, 0.717) is 0 Å². The van der Waals surface area contributed by atoms with Gasteiger partial charge in [0.25, 0.3) is 5.91 Å². The van der Waals surface area contributed by atoms with Crippen LogP contribution in [-0.4, -0.2) is 29.5 Å². The largest absolute Gasteiger partial charge is 0.381 e. The number of nitrogens with zero attached hydrogens (tertiary/aromatic N) is 1. The van der Waals surface area contributed by atoms with Gasteiger partial charge in [-0.25, -0.2) is 0 Å². The molecule has 3 aliphatic carbocycles. The van der Waals surface area contributed by atoms with Gasteiger partial charge in [-0.3, -0.25) is 10.1 Å². The van der Waals surface area contributed by atoms with Gasteiger partial charge >= 0.3 is 0 Å². The summed E-state index contributed by atoms with van der Waals surface area (Å²) in [5.74, 6) is 1.10. The van der Waals surface area contributed by atoms with E-state index >= 15 is 0 Å². The number of fused-ring (bicyclic) bond motifs is 3. The molecule has 2 saturated carbocycles. The van der Waals surface area contributed by atoms with Crippen LogP contribution < -0.4 is 5.32 Å². The molecule has 1 saturated heterocycles. The Labute approximate surface area is 215 Å². The topological polar surface area (TPSA) is 41.6 Å². The maximum Gasteiger partial charge on any atom is 0.250 e. The van der Waals surface area contributed by atoms with Crippen LogP contribution in [0.5, 0.6) is 0 Å². The zero-order valence-corrected chi connectivity index (χ0v) is 21.9. The second kappa shape index (κ2) is 8.93. The van der Waals surface area contributed by atoms with Gasteiger partial charge in [0.05, 0.1) is 12.1 Å². The van der Waals surface area contributed by atoms with E-state index < -0.39 is 5.54 Å². The summed E-state index contributed by atoms with van der Waals surface area (Å²) in [6, 6.07) is 17.3. The number of nitrogens with one attached hydrogen (secondary N) is 1. The molecule has 1 heterocycles. The molecule has 4 nitrogen and oxygen atoms in total. The molecular weight excluding hydrogens is 452 g/mol. The molecule has 2 aromatic rings. The fourth-order valence-corrected chi connectivity index (χ4v) is 7.75. The Hall–Kier alpha value is -1.82. The summed E-state index contributed by atoms with van der Waals surface area (Å²) in [4.78, 5) is 16.7. The van der Waals surface area contributed by atoms with Crippen LogP contribution in [0.2, 0.25) is 0 Å². The van der Waals surface area contributed by atoms with E-state index in [2.05, 4.69) is 42.6 Å². The number of methoxy groups -OCH3 is 1. The number of amides is 1. The molecule has 3 atom stereocenters. The molecule has 6 rings (SSSR count). The molecule has 4 aliphatic rings. The SMILES string of the molecule is COC1CCC2(CC1)Cc1ccc(CCC3CC3)cc1C21NC(S)N([C@H](C)c2ccccc2)C1=O. The van der Waals surface area contributed by atoms with Crippen molar-refractivity contribution in [3.63, 3.8) is 0 Å². The highest BCUT2D eigenvalue weighted by atomic mass is 32.1. The Morgan fingerprint density at radius 3 is 2.54 bits per heavy atom.